The zero-order valence-corrected chi connectivity index (χ0v) is 8.84. The molecule has 0 aliphatic carbocycles. The SMILES string of the molecule is COc1cccc(C(C(C)=O)C(F)(F)F)c1. The lowest BCUT2D eigenvalue weighted by Crippen LogP contribution is -2.26. The van der Waals surface area contributed by atoms with Crippen molar-refractivity contribution in [2.45, 2.75) is 19.0 Å². The summed E-state index contributed by atoms with van der Waals surface area (Å²) in [5.74, 6) is -2.71. The molecular formula is C11H11F3O2. The molecule has 0 amide bonds. The average molecular weight is 232 g/mol. The highest BCUT2D eigenvalue weighted by molar-refractivity contribution is 5.84. The highest BCUT2D eigenvalue weighted by Gasteiger charge is 2.44. The van der Waals surface area contributed by atoms with Gasteiger partial charge in [0.15, 0.2) is 0 Å². The Bertz CT molecular complexity index is 385. The number of methoxy groups -OCH3 is 1. The standard InChI is InChI=1S/C11H11F3O2/c1-7(15)10(11(12,13)14)8-4-3-5-9(6-8)16-2/h3-6,10H,1-2H3. The van der Waals surface area contributed by atoms with Gasteiger partial charge in [-0.15, -0.1) is 0 Å². The Balaban J connectivity index is 3.16. The fourth-order valence-electron chi connectivity index (χ4n) is 1.48. The van der Waals surface area contributed by atoms with Crippen molar-refractivity contribution in [3.8, 4) is 5.75 Å². The molecular weight excluding hydrogens is 221 g/mol. The van der Waals surface area contributed by atoms with Crippen molar-refractivity contribution in [3.63, 3.8) is 0 Å². The summed E-state index contributed by atoms with van der Waals surface area (Å²) in [6.45, 7) is 0.928. The maximum atomic E-state index is 12.6. The van der Waals surface area contributed by atoms with Crippen molar-refractivity contribution in [1.29, 1.82) is 0 Å². The van der Waals surface area contributed by atoms with Crippen LogP contribution >= 0.6 is 0 Å². The first-order valence-electron chi connectivity index (χ1n) is 4.57. The summed E-state index contributed by atoms with van der Waals surface area (Å²) in [5, 5.41) is 0. The number of benzene rings is 1. The van der Waals surface area contributed by atoms with Crippen LogP contribution < -0.4 is 4.74 Å². The number of carbonyl (C=O) groups excluding carboxylic acids is 1. The van der Waals surface area contributed by atoms with E-state index < -0.39 is 17.9 Å². The van der Waals surface area contributed by atoms with Gasteiger partial charge in [-0.25, -0.2) is 0 Å². The van der Waals surface area contributed by atoms with Gasteiger partial charge in [-0.2, -0.15) is 13.2 Å². The van der Waals surface area contributed by atoms with Crippen LogP contribution in [0, 0.1) is 0 Å². The van der Waals surface area contributed by atoms with Gasteiger partial charge in [-0.05, 0) is 24.6 Å². The first-order chi connectivity index (χ1) is 7.36. The number of rotatable bonds is 3. The van der Waals surface area contributed by atoms with E-state index in [1.54, 1.807) is 0 Å². The number of carbonyl (C=O) groups is 1. The molecule has 0 fully saturated rings. The third kappa shape index (κ3) is 2.74. The fraction of sp³-hybridized carbons (Fsp3) is 0.364. The van der Waals surface area contributed by atoms with Crippen molar-refractivity contribution < 1.29 is 22.7 Å². The van der Waals surface area contributed by atoms with E-state index in [0.717, 1.165) is 6.92 Å². The van der Waals surface area contributed by atoms with Gasteiger partial charge in [0.2, 0.25) is 0 Å². The van der Waals surface area contributed by atoms with Gasteiger partial charge < -0.3 is 4.74 Å². The van der Waals surface area contributed by atoms with Gasteiger partial charge in [0.25, 0.3) is 0 Å². The first kappa shape index (κ1) is 12.5. The van der Waals surface area contributed by atoms with E-state index in [4.69, 9.17) is 4.74 Å². The highest BCUT2D eigenvalue weighted by Crippen LogP contribution is 2.36. The third-order valence-corrected chi connectivity index (χ3v) is 2.16. The summed E-state index contributed by atoms with van der Waals surface area (Å²) in [5.41, 5.74) is -0.0978. The van der Waals surface area contributed by atoms with Crippen LogP contribution in [-0.4, -0.2) is 19.1 Å². The van der Waals surface area contributed by atoms with Crippen molar-refractivity contribution in [1.82, 2.24) is 0 Å². The minimum Gasteiger partial charge on any atom is -0.497 e. The van der Waals surface area contributed by atoms with Gasteiger partial charge in [0.1, 0.15) is 17.5 Å². The minimum atomic E-state index is -4.57. The first-order valence-corrected chi connectivity index (χ1v) is 4.57. The molecule has 1 unspecified atom stereocenters. The minimum absolute atomic E-state index is 0.0978. The van der Waals surface area contributed by atoms with Crippen molar-refractivity contribution in [3.05, 3.63) is 29.8 Å². The number of ketones is 1. The molecule has 0 saturated heterocycles. The van der Waals surface area contributed by atoms with Crippen LogP contribution in [0.2, 0.25) is 0 Å². The van der Waals surface area contributed by atoms with E-state index in [2.05, 4.69) is 0 Å². The lowest BCUT2D eigenvalue weighted by molar-refractivity contribution is -0.162. The maximum Gasteiger partial charge on any atom is 0.402 e. The zero-order chi connectivity index (χ0) is 12.3. The highest BCUT2D eigenvalue weighted by atomic mass is 19.4. The van der Waals surface area contributed by atoms with E-state index in [1.807, 2.05) is 0 Å². The van der Waals surface area contributed by atoms with Crippen LogP contribution in [0.3, 0.4) is 0 Å². The fourth-order valence-corrected chi connectivity index (χ4v) is 1.48. The molecule has 1 aromatic carbocycles. The second-order valence-corrected chi connectivity index (χ2v) is 3.36. The molecule has 5 heteroatoms. The molecule has 0 saturated carbocycles. The molecule has 1 rings (SSSR count). The molecule has 0 N–H and O–H groups in total. The number of hydrogen-bond acceptors (Lipinski definition) is 2. The van der Waals surface area contributed by atoms with Gasteiger partial charge in [-0.1, -0.05) is 12.1 Å². The second kappa shape index (κ2) is 4.55. The summed E-state index contributed by atoms with van der Waals surface area (Å²) in [6.07, 6.45) is -4.57. The summed E-state index contributed by atoms with van der Waals surface area (Å²) in [6, 6.07) is 5.44. The van der Waals surface area contributed by atoms with Crippen molar-refractivity contribution >= 4 is 5.78 Å². The van der Waals surface area contributed by atoms with E-state index >= 15 is 0 Å². The lowest BCUT2D eigenvalue weighted by Gasteiger charge is -2.18. The van der Waals surface area contributed by atoms with Gasteiger partial charge >= 0.3 is 6.18 Å². The van der Waals surface area contributed by atoms with Crippen LogP contribution in [0.1, 0.15) is 18.4 Å². The molecule has 2 nitrogen and oxygen atoms in total. The van der Waals surface area contributed by atoms with E-state index in [9.17, 15) is 18.0 Å². The molecule has 16 heavy (non-hydrogen) atoms. The number of halogens is 3. The van der Waals surface area contributed by atoms with Crippen LogP contribution in [-0.2, 0) is 4.79 Å². The average Bonchev–Trinajstić information content (AvgIpc) is 2.15. The number of ether oxygens (including phenoxy) is 1. The molecule has 1 aromatic rings. The van der Waals surface area contributed by atoms with Gasteiger partial charge in [0, 0.05) is 0 Å². The third-order valence-electron chi connectivity index (χ3n) is 2.16. The van der Waals surface area contributed by atoms with Crippen LogP contribution in [0.25, 0.3) is 0 Å². The topological polar surface area (TPSA) is 26.3 Å². The van der Waals surface area contributed by atoms with E-state index in [0.29, 0.717) is 5.75 Å². The Hall–Kier alpha value is -1.52. The number of Topliss-reactive ketones (excluding diaryl/α,β-unsaturated/α-hetero) is 1. The van der Waals surface area contributed by atoms with E-state index in [1.165, 1.54) is 31.4 Å². The summed E-state index contributed by atoms with van der Waals surface area (Å²) in [4.78, 5) is 11.0. The normalized spacial score (nSPS) is 13.3. The lowest BCUT2D eigenvalue weighted by atomic mass is 9.95. The van der Waals surface area contributed by atoms with Crippen LogP contribution in [0.5, 0.6) is 5.75 Å². The molecule has 0 aliphatic rings. The predicted molar refractivity (Wildman–Crippen MR) is 52.5 cm³/mol. The van der Waals surface area contributed by atoms with Crippen molar-refractivity contribution in [2.24, 2.45) is 0 Å². The Morgan fingerprint density at radius 2 is 2.00 bits per heavy atom. The largest absolute Gasteiger partial charge is 0.497 e. The van der Waals surface area contributed by atoms with Crippen molar-refractivity contribution in [2.75, 3.05) is 7.11 Å². The monoisotopic (exact) mass is 232 g/mol. The molecule has 0 heterocycles. The number of hydrogen-bond donors (Lipinski definition) is 0. The Morgan fingerprint density at radius 1 is 1.38 bits per heavy atom. The van der Waals surface area contributed by atoms with Crippen LogP contribution in [0.4, 0.5) is 13.2 Å². The van der Waals surface area contributed by atoms with Gasteiger partial charge in [0.05, 0.1) is 7.11 Å². The Morgan fingerprint density at radius 3 is 2.44 bits per heavy atom. The maximum absolute atomic E-state index is 12.6. The summed E-state index contributed by atoms with van der Waals surface area (Å²) >= 11 is 0. The Labute approximate surface area is 91.0 Å². The molecule has 1 atom stereocenters. The Kier molecular flexibility index (Phi) is 3.57. The van der Waals surface area contributed by atoms with Crippen LogP contribution in [0.15, 0.2) is 24.3 Å². The summed E-state index contributed by atoms with van der Waals surface area (Å²) < 4.78 is 42.7. The number of alkyl halides is 3. The quantitative estimate of drug-likeness (QED) is 0.800. The molecule has 88 valence electrons. The second-order valence-electron chi connectivity index (χ2n) is 3.36. The van der Waals surface area contributed by atoms with E-state index in [-0.39, 0.29) is 5.56 Å². The predicted octanol–water partition coefficient (Wildman–Crippen LogP) is 2.93. The van der Waals surface area contributed by atoms with Gasteiger partial charge in [-0.3, -0.25) is 4.79 Å². The molecule has 0 aromatic heterocycles. The molecule has 0 spiro atoms. The summed E-state index contributed by atoms with van der Waals surface area (Å²) in [7, 11) is 1.36. The molecule has 0 bridgehead atoms. The molecule has 0 aliphatic heterocycles. The smallest absolute Gasteiger partial charge is 0.402 e. The zero-order valence-electron chi connectivity index (χ0n) is 8.84. The molecule has 0 radical (unpaired) electrons.